The van der Waals surface area contributed by atoms with Crippen molar-refractivity contribution >= 4 is 16.9 Å². The molecule has 4 aromatic rings. The molecule has 1 heterocycles. The van der Waals surface area contributed by atoms with E-state index in [4.69, 9.17) is 9.15 Å². The molecule has 0 aliphatic heterocycles. The topological polar surface area (TPSA) is 56.5 Å². The highest BCUT2D eigenvalue weighted by molar-refractivity contribution is 5.92. The van der Waals surface area contributed by atoms with Crippen LogP contribution < -0.4 is 10.2 Å². The van der Waals surface area contributed by atoms with Crippen molar-refractivity contribution < 1.29 is 13.9 Å². The fourth-order valence-corrected chi connectivity index (χ4v) is 3.56. The van der Waals surface area contributed by atoms with Crippen LogP contribution in [0.25, 0.3) is 22.1 Å². The lowest BCUT2D eigenvalue weighted by atomic mass is 9.87. The maximum Gasteiger partial charge on any atom is 0.343 e. The summed E-state index contributed by atoms with van der Waals surface area (Å²) in [4.78, 5) is 25.6. The molecule has 156 valence electrons. The highest BCUT2D eigenvalue weighted by Crippen LogP contribution is 2.27. The summed E-state index contributed by atoms with van der Waals surface area (Å²) >= 11 is 0. The van der Waals surface area contributed by atoms with Crippen molar-refractivity contribution in [1.82, 2.24) is 0 Å². The molecule has 0 saturated carbocycles. The smallest absolute Gasteiger partial charge is 0.343 e. The molecule has 4 nitrogen and oxygen atoms in total. The van der Waals surface area contributed by atoms with Gasteiger partial charge >= 0.3 is 5.97 Å². The van der Waals surface area contributed by atoms with E-state index in [1.165, 1.54) is 0 Å². The van der Waals surface area contributed by atoms with Gasteiger partial charge in [-0.1, -0.05) is 63.2 Å². The molecule has 4 heteroatoms. The number of hydrogen-bond acceptors (Lipinski definition) is 4. The number of aryl methyl sites for hydroxylation is 1. The Hall–Kier alpha value is -3.66. The maximum absolute atomic E-state index is 13.0. The lowest BCUT2D eigenvalue weighted by molar-refractivity contribution is 0.0735. The minimum Gasteiger partial charge on any atom is -0.460 e. The zero-order valence-electron chi connectivity index (χ0n) is 18.1. The second kappa shape index (κ2) is 7.88. The van der Waals surface area contributed by atoms with Crippen LogP contribution in [0.15, 0.2) is 82.0 Å². The first kappa shape index (κ1) is 20.6. The summed E-state index contributed by atoms with van der Waals surface area (Å²) in [6.07, 6.45) is 0. The van der Waals surface area contributed by atoms with E-state index in [1.54, 1.807) is 37.3 Å². The van der Waals surface area contributed by atoms with E-state index in [9.17, 15) is 9.59 Å². The van der Waals surface area contributed by atoms with E-state index in [2.05, 4.69) is 20.8 Å². The Kier molecular flexibility index (Phi) is 5.24. The van der Waals surface area contributed by atoms with Crippen LogP contribution in [0.5, 0.6) is 5.75 Å². The van der Waals surface area contributed by atoms with Gasteiger partial charge in [-0.15, -0.1) is 0 Å². The molecule has 1 aromatic heterocycles. The van der Waals surface area contributed by atoms with Crippen LogP contribution in [-0.4, -0.2) is 5.97 Å². The largest absolute Gasteiger partial charge is 0.460 e. The average molecular weight is 412 g/mol. The third-order valence-electron chi connectivity index (χ3n) is 5.30. The Labute approximate surface area is 181 Å². The standard InChI is InChI=1S/C27H24O4/c1-17-24(18-8-6-5-7-9-18)25(28)22-15-14-21(16-23(22)30-17)31-26(29)19-10-12-20(13-11-19)27(2,3)4/h5-16H,1-4H3. The molecule has 0 fully saturated rings. The number of hydrogen-bond donors (Lipinski definition) is 0. The summed E-state index contributed by atoms with van der Waals surface area (Å²) in [6, 6.07) is 21.7. The van der Waals surface area contributed by atoms with Crippen LogP contribution in [0.1, 0.15) is 42.5 Å². The van der Waals surface area contributed by atoms with Gasteiger partial charge in [0.05, 0.1) is 16.5 Å². The number of fused-ring (bicyclic) bond motifs is 1. The first-order valence-electron chi connectivity index (χ1n) is 10.2. The Balaban J connectivity index is 1.64. The third-order valence-corrected chi connectivity index (χ3v) is 5.30. The number of benzene rings is 3. The highest BCUT2D eigenvalue weighted by Gasteiger charge is 2.17. The summed E-state index contributed by atoms with van der Waals surface area (Å²) in [5.74, 6) is 0.386. The van der Waals surface area contributed by atoms with Crippen molar-refractivity contribution in [3.8, 4) is 16.9 Å². The Morgan fingerprint density at radius 3 is 2.23 bits per heavy atom. The quantitative estimate of drug-likeness (QED) is 0.293. The van der Waals surface area contributed by atoms with Crippen LogP contribution in [0.2, 0.25) is 0 Å². The molecule has 0 aliphatic carbocycles. The summed E-state index contributed by atoms with van der Waals surface area (Å²) in [5, 5.41) is 0.443. The van der Waals surface area contributed by atoms with Gasteiger partial charge in [-0.05, 0) is 47.7 Å². The number of carbonyl (C=O) groups excluding carboxylic acids is 1. The Bertz CT molecular complexity index is 1310. The van der Waals surface area contributed by atoms with Crippen LogP contribution >= 0.6 is 0 Å². The van der Waals surface area contributed by atoms with Crippen molar-refractivity contribution in [2.75, 3.05) is 0 Å². The fourth-order valence-electron chi connectivity index (χ4n) is 3.56. The van der Waals surface area contributed by atoms with E-state index in [1.807, 2.05) is 42.5 Å². The van der Waals surface area contributed by atoms with Crippen LogP contribution in [0.4, 0.5) is 0 Å². The van der Waals surface area contributed by atoms with Gasteiger partial charge in [0.1, 0.15) is 17.1 Å². The molecule has 0 unspecified atom stereocenters. The number of rotatable bonds is 3. The number of esters is 1. The third kappa shape index (κ3) is 4.15. The van der Waals surface area contributed by atoms with Gasteiger partial charge in [0, 0.05) is 6.07 Å². The molecule has 0 amide bonds. The number of carbonyl (C=O) groups is 1. The summed E-state index contributed by atoms with van der Waals surface area (Å²) in [6.45, 7) is 8.12. The summed E-state index contributed by atoms with van der Waals surface area (Å²) in [5.41, 5.74) is 3.23. The molecule has 0 aliphatic rings. The van der Waals surface area contributed by atoms with Gasteiger partial charge in [0.25, 0.3) is 0 Å². The fraction of sp³-hybridized carbons (Fsp3) is 0.185. The monoisotopic (exact) mass is 412 g/mol. The molecular formula is C27H24O4. The molecule has 0 radical (unpaired) electrons. The van der Waals surface area contributed by atoms with Crippen molar-refractivity contribution in [3.05, 3.63) is 99.9 Å². The van der Waals surface area contributed by atoms with Gasteiger partial charge in [0.2, 0.25) is 5.43 Å². The number of ether oxygens (including phenoxy) is 1. The van der Waals surface area contributed by atoms with Crippen molar-refractivity contribution in [2.24, 2.45) is 0 Å². The van der Waals surface area contributed by atoms with E-state index < -0.39 is 5.97 Å². The second-order valence-corrected chi connectivity index (χ2v) is 8.60. The van der Waals surface area contributed by atoms with Gasteiger partial charge in [-0.2, -0.15) is 0 Å². The molecule has 0 atom stereocenters. The molecule has 0 spiro atoms. The van der Waals surface area contributed by atoms with Crippen LogP contribution in [0, 0.1) is 6.92 Å². The van der Waals surface area contributed by atoms with Crippen molar-refractivity contribution in [2.45, 2.75) is 33.1 Å². The summed E-state index contributed by atoms with van der Waals surface area (Å²) in [7, 11) is 0. The lowest BCUT2D eigenvalue weighted by Gasteiger charge is -2.18. The molecule has 31 heavy (non-hydrogen) atoms. The molecule has 3 aromatic carbocycles. The predicted octanol–water partition coefficient (Wildman–Crippen LogP) is 6.29. The zero-order chi connectivity index (χ0) is 22.2. The van der Waals surface area contributed by atoms with Gasteiger partial charge in [-0.25, -0.2) is 4.79 Å². The molecule has 0 saturated heterocycles. The van der Waals surface area contributed by atoms with E-state index in [-0.39, 0.29) is 10.8 Å². The predicted molar refractivity (Wildman–Crippen MR) is 123 cm³/mol. The highest BCUT2D eigenvalue weighted by atomic mass is 16.5. The molecular weight excluding hydrogens is 388 g/mol. The van der Waals surface area contributed by atoms with E-state index in [0.29, 0.717) is 33.6 Å². The maximum atomic E-state index is 13.0. The minimum absolute atomic E-state index is 0.00872. The second-order valence-electron chi connectivity index (χ2n) is 8.60. The van der Waals surface area contributed by atoms with Crippen LogP contribution in [0.3, 0.4) is 0 Å². The first-order valence-corrected chi connectivity index (χ1v) is 10.2. The van der Waals surface area contributed by atoms with Gasteiger partial charge < -0.3 is 9.15 Å². The van der Waals surface area contributed by atoms with E-state index >= 15 is 0 Å². The lowest BCUT2D eigenvalue weighted by Crippen LogP contribution is -2.13. The molecule has 0 bridgehead atoms. The molecule has 0 N–H and O–H groups in total. The first-order chi connectivity index (χ1) is 14.7. The van der Waals surface area contributed by atoms with Crippen molar-refractivity contribution in [1.29, 1.82) is 0 Å². The Morgan fingerprint density at radius 2 is 1.58 bits per heavy atom. The van der Waals surface area contributed by atoms with Crippen LogP contribution in [-0.2, 0) is 5.41 Å². The minimum atomic E-state index is -0.459. The van der Waals surface area contributed by atoms with E-state index in [0.717, 1.165) is 11.1 Å². The molecule has 4 rings (SSSR count). The average Bonchev–Trinajstić information content (AvgIpc) is 2.74. The Morgan fingerprint density at radius 1 is 0.903 bits per heavy atom. The zero-order valence-corrected chi connectivity index (χ0v) is 18.1. The van der Waals surface area contributed by atoms with Gasteiger partial charge in [-0.3, -0.25) is 4.79 Å². The normalized spacial score (nSPS) is 11.5. The SMILES string of the molecule is Cc1oc2cc(OC(=O)c3ccc(C(C)(C)C)cc3)ccc2c(=O)c1-c1ccccc1. The summed E-state index contributed by atoms with van der Waals surface area (Å²) < 4.78 is 11.4. The van der Waals surface area contributed by atoms with Gasteiger partial charge in [0.15, 0.2) is 0 Å². The van der Waals surface area contributed by atoms with Crippen molar-refractivity contribution in [3.63, 3.8) is 0 Å².